The molecular weight excluding hydrogens is 381 g/mol. The van der Waals surface area contributed by atoms with Crippen molar-refractivity contribution in [2.75, 3.05) is 5.32 Å². The van der Waals surface area contributed by atoms with E-state index in [0.29, 0.717) is 6.42 Å². The lowest BCUT2D eigenvalue weighted by atomic mass is 9.89. The Kier molecular flexibility index (Phi) is 6.25. The minimum Gasteiger partial charge on any atom is -0.341 e. The van der Waals surface area contributed by atoms with Crippen LogP contribution in [0, 0.1) is 0 Å². The molecule has 2 aromatic rings. The van der Waals surface area contributed by atoms with Crippen molar-refractivity contribution in [2.24, 2.45) is 0 Å². The van der Waals surface area contributed by atoms with Gasteiger partial charge < -0.3 is 10.6 Å². The Hall–Kier alpha value is -2.83. The lowest BCUT2D eigenvalue weighted by Gasteiger charge is -2.21. The van der Waals surface area contributed by atoms with Gasteiger partial charge in [-0.2, -0.15) is 13.2 Å². The number of nitrogens with one attached hydrogen (secondary N) is 2. The van der Waals surface area contributed by atoms with E-state index in [1.807, 2.05) is 13.0 Å². The van der Waals surface area contributed by atoms with Crippen molar-refractivity contribution in [3.8, 4) is 0 Å². The van der Waals surface area contributed by atoms with E-state index in [2.05, 4.69) is 22.8 Å². The molecule has 154 valence electrons. The Morgan fingerprint density at radius 2 is 1.62 bits per heavy atom. The van der Waals surface area contributed by atoms with Crippen LogP contribution in [0.3, 0.4) is 0 Å². The summed E-state index contributed by atoms with van der Waals surface area (Å²) in [4.78, 5) is 24.5. The molecule has 0 fully saturated rings. The molecule has 0 saturated carbocycles. The van der Waals surface area contributed by atoms with Crippen LogP contribution >= 0.6 is 0 Å². The van der Waals surface area contributed by atoms with Crippen LogP contribution in [0.25, 0.3) is 0 Å². The number of hydrogen-bond donors (Lipinski definition) is 2. The molecule has 0 bridgehead atoms. The summed E-state index contributed by atoms with van der Waals surface area (Å²) in [5.74, 6) is -1.74. The quantitative estimate of drug-likeness (QED) is 0.720. The highest BCUT2D eigenvalue weighted by Gasteiger charge is 2.30. The number of anilines is 1. The largest absolute Gasteiger partial charge is 0.416 e. The van der Waals surface area contributed by atoms with Crippen molar-refractivity contribution >= 4 is 17.5 Å². The number of alkyl halides is 3. The maximum absolute atomic E-state index is 12.6. The summed E-state index contributed by atoms with van der Waals surface area (Å²) >= 11 is 0. The van der Waals surface area contributed by atoms with E-state index in [-0.39, 0.29) is 11.7 Å². The van der Waals surface area contributed by atoms with Crippen molar-refractivity contribution in [1.82, 2.24) is 5.32 Å². The van der Waals surface area contributed by atoms with Gasteiger partial charge in [-0.25, -0.2) is 0 Å². The summed E-state index contributed by atoms with van der Waals surface area (Å²) in [5.41, 5.74) is 2.87. The number of carbonyl (C=O) groups excluding carboxylic acids is 2. The molecule has 1 unspecified atom stereocenters. The van der Waals surface area contributed by atoms with Gasteiger partial charge in [-0.1, -0.05) is 25.1 Å². The number of rotatable bonds is 4. The van der Waals surface area contributed by atoms with E-state index in [9.17, 15) is 22.8 Å². The molecule has 3 rings (SSSR count). The number of carbonyl (C=O) groups is 2. The van der Waals surface area contributed by atoms with Crippen LogP contribution in [0.2, 0.25) is 0 Å². The summed E-state index contributed by atoms with van der Waals surface area (Å²) in [6.45, 7) is 1.91. The minimum absolute atomic E-state index is 0.125. The van der Waals surface area contributed by atoms with Crippen LogP contribution < -0.4 is 10.6 Å². The van der Waals surface area contributed by atoms with E-state index < -0.39 is 23.6 Å². The second kappa shape index (κ2) is 8.68. The molecule has 2 amide bonds. The average molecular weight is 404 g/mol. The molecule has 1 aliphatic rings. The van der Waals surface area contributed by atoms with Gasteiger partial charge >= 0.3 is 18.0 Å². The number of amides is 2. The first kappa shape index (κ1) is 20.9. The van der Waals surface area contributed by atoms with Gasteiger partial charge in [0, 0.05) is 5.69 Å². The molecule has 1 atom stereocenters. The monoisotopic (exact) mass is 404 g/mol. The Morgan fingerprint density at radius 3 is 2.24 bits per heavy atom. The number of benzene rings is 2. The zero-order valence-electron chi connectivity index (χ0n) is 16.1. The van der Waals surface area contributed by atoms with Gasteiger partial charge in [0.2, 0.25) is 0 Å². The molecule has 0 saturated heterocycles. The third kappa shape index (κ3) is 5.16. The summed E-state index contributed by atoms with van der Waals surface area (Å²) < 4.78 is 37.8. The van der Waals surface area contributed by atoms with Crippen molar-refractivity contribution < 1.29 is 22.8 Å². The maximum atomic E-state index is 12.6. The predicted molar refractivity (Wildman–Crippen MR) is 104 cm³/mol. The zero-order chi connectivity index (χ0) is 21.0. The van der Waals surface area contributed by atoms with Crippen LogP contribution in [0.5, 0.6) is 0 Å². The van der Waals surface area contributed by atoms with Crippen LogP contribution in [0.15, 0.2) is 42.5 Å². The molecule has 2 N–H and O–H groups in total. The Bertz CT molecular complexity index is 892. The van der Waals surface area contributed by atoms with Crippen LogP contribution in [-0.2, 0) is 28.6 Å². The molecule has 7 heteroatoms. The molecule has 4 nitrogen and oxygen atoms in total. The Balaban J connectivity index is 1.64. The highest BCUT2D eigenvalue weighted by Crippen LogP contribution is 2.30. The van der Waals surface area contributed by atoms with E-state index in [1.165, 1.54) is 17.5 Å². The van der Waals surface area contributed by atoms with Gasteiger partial charge in [-0.05, 0) is 73.1 Å². The summed E-state index contributed by atoms with van der Waals surface area (Å²) in [6, 6.07) is 9.80. The maximum Gasteiger partial charge on any atom is 0.416 e. The first-order valence-corrected chi connectivity index (χ1v) is 9.68. The van der Waals surface area contributed by atoms with E-state index in [4.69, 9.17) is 0 Å². The van der Waals surface area contributed by atoms with Crippen molar-refractivity contribution in [2.45, 2.75) is 51.2 Å². The molecule has 0 heterocycles. The zero-order valence-corrected chi connectivity index (χ0v) is 16.1. The van der Waals surface area contributed by atoms with Crippen molar-refractivity contribution in [3.63, 3.8) is 0 Å². The average Bonchev–Trinajstić information content (AvgIpc) is 2.71. The number of fused-ring (bicyclic) bond motifs is 1. The highest BCUT2D eigenvalue weighted by atomic mass is 19.4. The summed E-state index contributed by atoms with van der Waals surface area (Å²) in [7, 11) is 0. The molecule has 0 radical (unpaired) electrons. The van der Waals surface area contributed by atoms with Gasteiger partial charge in [0.05, 0.1) is 11.6 Å². The molecule has 2 aromatic carbocycles. The normalized spacial score (nSPS) is 14.6. The topological polar surface area (TPSA) is 58.2 Å². The van der Waals surface area contributed by atoms with Crippen LogP contribution in [-0.4, -0.2) is 11.8 Å². The van der Waals surface area contributed by atoms with E-state index >= 15 is 0 Å². The van der Waals surface area contributed by atoms with Gasteiger partial charge in [-0.3, -0.25) is 9.59 Å². The molecule has 0 aliphatic heterocycles. The number of hydrogen-bond acceptors (Lipinski definition) is 2. The van der Waals surface area contributed by atoms with Gasteiger partial charge in [-0.15, -0.1) is 0 Å². The predicted octanol–water partition coefficient (Wildman–Crippen LogP) is 4.79. The second-order valence-electron chi connectivity index (χ2n) is 7.20. The Morgan fingerprint density at radius 1 is 0.966 bits per heavy atom. The lowest BCUT2D eigenvalue weighted by molar-refractivity contribution is -0.137. The Labute approximate surface area is 167 Å². The van der Waals surface area contributed by atoms with Gasteiger partial charge in [0.1, 0.15) is 0 Å². The fourth-order valence-corrected chi connectivity index (χ4v) is 3.55. The molecule has 0 aromatic heterocycles. The fourth-order valence-electron chi connectivity index (χ4n) is 3.55. The fraction of sp³-hybridized carbons (Fsp3) is 0.364. The number of aryl methyl sites for hydroxylation is 2. The SMILES string of the molecule is CCC(NC(=O)C(=O)Nc1ccc(C(F)(F)F)cc1)c1ccc2c(c1)CCCC2. The smallest absolute Gasteiger partial charge is 0.341 e. The lowest BCUT2D eigenvalue weighted by Crippen LogP contribution is -2.37. The van der Waals surface area contributed by atoms with Crippen LogP contribution in [0.1, 0.15) is 54.5 Å². The third-order valence-electron chi connectivity index (χ3n) is 5.16. The van der Waals surface area contributed by atoms with E-state index in [0.717, 1.165) is 49.1 Å². The summed E-state index contributed by atoms with van der Waals surface area (Å²) in [6.07, 6.45) is 0.567. The summed E-state index contributed by atoms with van der Waals surface area (Å²) in [5, 5.41) is 5.05. The van der Waals surface area contributed by atoms with Gasteiger partial charge in [0.15, 0.2) is 0 Å². The molecule has 29 heavy (non-hydrogen) atoms. The highest BCUT2D eigenvalue weighted by molar-refractivity contribution is 6.39. The second-order valence-corrected chi connectivity index (χ2v) is 7.20. The first-order chi connectivity index (χ1) is 13.8. The van der Waals surface area contributed by atoms with Crippen molar-refractivity contribution in [3.05, 3.63) is 64.7 Å². The molecule has 0 spiro atoms. The van der Waals surface area contributed by atoms with Crippen LogP contribution in [0.4, 0.5) is 18.9 Å². The molecule has 1 aliphatic carbocycles. The first-order valence-electron chi connectivity index (χ1n) is 9.68. The van der Waals surface area contributed by atoms with Crippen molar-refractivity contribution in [1.29, 1.82) is 0 Å². The molecular formula is C22H23F3N2O2. The minimum atomic E-state index is -4.46. The third-order valence-corrected chi connectivity index (χ3v) is 5.16. The van der Waals surface area contributed by atoms with Gasteiger partial charge in [0.25, 0.3) is 0 Å². The van der Waals surface area contributed by atoms with E-state index in [1.54, 1.807) is 0 Å². The standard InChI is InChI=1S/C22H23F3N2O2/c1-2-19(16-8-7-14-5-3-4-6-15(14)13-16)27-21(29)20(28)26-18-11-9-17(10-12-18)22(23,24)25/h7-13,19H,2-6H2,1H3,(H,26,28)(H,27,29). The number of halogens is 3.